The Morgan fingerprint density at radius 1 is 1.33 bits per heavy atom. The van der Waals surface area contributed by atoms with Crippen LogP contribution in [0.2, 0.25) is 5.02 Å². The average molecular weight is 308 g/mol. The van der Waals surface area contributed by atoms with Gasteiger partial charge in [-0.25, -0.2) is 13.8 Å². The molecule has 6 heteroatoms. The minimum Gasteiger partial charge on any atom is -0.363 e. The van der Waals surface area contributed by atoms with Crippen LogP contribution in [0.5, 0.6) is 0 Å². The van der Waals surface area contributed by atoms with E-state index < -0.39 is 17.7 Å². The van der Waals surface area contributed by atoms with Crippen LogP contribution < -0.4 is 5.32 Å². The summed E-state index contributed by atoms with van der Waals surface area (Å²) >= 11 is 5.81. The molecule has 0 radical (unpaired) electrons. The summed E-state index contributed by atoms with van der Waals surface area (Å²) in [5, 5.41) is 12.1. The molecule has 21 heavy (non-hydrogen) atoms. The van der Waals surface area contributed by atoms with E-state index >= 15 is 0 Å². The smallest absolute Gasteiger partial charge is 0.161 e. The molecule has 0 aliphatic heterocycles. The van der Waals surface area contributed by atoms with Gasteiger partial charge in [0.05, 0.1) is 11.1 Å². The third-order valence-corrected chi connectivity index (χ3v) is 3.32. The summed E-state index contributed by atoms with van der Waals surface area (Å²) in [4.78, 5) is 4.04. The van der Waals surface area contributed by atoms with Crippen molar-refractivity contribution < 1.29 is 8.78 Å². The molecule has 2 aromatic rings. The minimum atomic E-state index is -0.506. The van der Waals surface area contributed by atoms with Crippen LogP contribution >= 0.6 is 11.6 Å². The molecule has 0 aliphatic rings. The fourth-order valence-electron chi connectivity index (χ4n) is 1.96. The van der Waals surface area contributed by atoms with Gasteiger partial charge in [0.2, 0.25) is 0 Å². The van der Waals surface area contributed by atoms with Crippen LogP contribution in [0.1, 0.15) is 30.6 Å². The van der Waals surface area contributed by atoms with Gasteiger partial charge in [-0.3, -0.25) is 0 Å². The van der Waals surface area contributed by atoms with Crippen LogP contribution in [0.3, 0.4) is 0 Å². The summed E-state index contributed by atoms with van der Waals surface area (Å²) in [7, 11) is 0. The van der Waals surface area contributed by atoms with E-state index in [0.717, 1.165) is 18.2 Å². The summed E-state index contributed by atoms with van der Waals surface area (Å²) < 4.78 is 27.1. The van der Waals surface area contributed by atoms with Gasteiger partial charge in [-0.1, -0.05) is 18.5 Å². The molecule has 3 nitrogen and oxygen atoms in total. The minimum absolute atomic E-state index is 0.0798. The van der Waals surface area contributed by atoms with Crippen LogP contribution in [0.25, 0.3) is 0 Å². The van der Waals surface area contributed by atoms with E-state index in [1.54, 1.807) is 6.07 Å². The predicted molar refractivity (Wildman–Crippen MR) is 77.0 cm³/mol. The van der Waals surface area contributed by atoms with Crippen LogP contribution in [0, 0.1) is 23.0 Å². The summed E-state index contributed by atoms with van der Waals surface area (Å²) in [6.45, 7) is 1.84. The molecule has 1 atom stereocenters. The normalized spacial score (nSPS) is 11.8. The largest absolute Gasteiger partial charge is 0.363 e. The first-order valence-electron chi connectivity index (χ1n) is 6.33. The van der Waals surface area contributed by atoms with Crippen LogP contribution in [0.15, 0.2) is 30.3 Å². The highest BCUT2D eigenvalue weighted by molar-refractivity contribution is 6.31. The molecule has 1 heterocycles. The number of nitrogens with one attached hydrogen (secondary N) is 1. The number of hydrogen-bond acceptors (Lipinski definition) is 3. The highest BCUT2D eigenvalue weighted by atomic mass is 35.5. The second-order valence-electron chi connectivity index (χ2n) is 4.41. The number of benzene rings is 1. The summed E-state index contributed by atoms with van der Waals surface area (Å²) in [5.41, 5.74) is 0.295. The molecule has 108 valence electrons. The number of nitriles is 1. The van der Waals surface area contributed by atoms with E-state index in [1.165, 1.54) is 6.07 Å². The molecule has 0 saturated carbocycles. The van der Waals surface area contributed by atoms with Gasteiger partial charge >= 0.3 is 0 Å². The van der Waals surface area contributed by atoms with Crippen molar-refractivity contribution in [1.82, 2.24) is 4.98 Å². The van der Waals surface area contributed by atoms with E-state index in [0.29, 0.717) is 12.2 Å². The molecule has 1 aromatic carbocycles. The Bertz CT molecular complexity index is 698. The van der Waals surface area contributed by atoms with E-state index in [2.05, 4.69) is 10.3 Å². The van der Waals surface area contributed by atoms with Crippen LogP contribution in [0.4, 0.5) is 14.6 Å². The topological polar surface area (TPSA) is 48.7 Å². The van der Waals surface area contributed by atoms with Gasteiger partial charge in [0.15, 0.2) is 5.69 Å². The monoisotopic (exact) mass is 307 g/mol. The number of rotatable bonds is 4. The zero-order chi connectivity index (χ0) is 15.4. The van der Waals surface area contributed by atoms with Gasteiger partial charge in [-0.2, -0.15) is 5.26 Å². The highest BCUT2D eigenvalue weighted by Crippen LogP contribution is 2.26. The quantitative estimate of drug-likeness (QED) is 0.908. The summed E-state index contributed by atoms with van der Waals surface area (Å²) in [6.07, 6.45) is 0.520. The van der Waals surface area contributed by atoms with E-state index in [1.807, 2.05) is 13.0 Å². The van der Waals surface area contributed by atoms with Crippen molar-refractivity contribution in [2.45, 2.75) is 19.4 Å². The number of nitrogens with zero attached hydrogens (tertiary/aromatic N) is 2. The Kier molecular flexibility index (Phi) is 4.71. The standard InChI is InChI=1S/C15H12ClF2N3/c1-2-13(10-7-9(17)3-5-12(10)18)20-15-6-4-11(16)14(8-19)21-15/h3-7,13H,2H2,1H3,(H,20,21). The van der Waals surface area contributed by atoms with Crippen LogP contribution in [-0.4, -0.2) is 4.98 Å². The first-order valence-corrected chi connectivity index (χ1v) is 6.71. The maximum absolute atomic E-state index is 13.8. The van der Waals surface area contributed by atoms with Crippen molar-refractivity contribution in [3.8, 4) is 6.07 Å². The van der Waals surface area contributed by atoms with E-state index in [4.69, 9.17) is 16.9 Å². The van der Waals surface area contributed by atoms with Crippen molar-refractivity contribution in [3.05, 3.63) is 58.2 Å². The number of pyridine rings is 1. The molecule has 0 spiro atoms. The number of aromatic nitrogens is 1. The lowest BCUT2D eigenvalue weighted by Crippen LogP contribution is -2.13. The molecule has 0 fully saturated rings. The number of hydrogen-bond donors (Lipinski definition) is 1. The van der Waals surface area contributed by atoms with Crippen molar-refractivity contribution in [1.29, 1.82) is 5.26 Å². The maximum Gasteiger partial charge on any atom is 0.161 e. The second-order valence-corrected chi connectivity index (χ2v) is 4.82. The van der Waals surface area contributed by atoms with Crippen molar-refractivity contribution in [2.24, 2.45) is 0 Å². The second kappa shape index (κ2) is 6.51. The van der Waals surface area contributed by atoms with E-state index in [-0.39, 0.29) is 16.3 Å². The lowest BCUT2D eigenvalue weighted by atomic mass is 10.0. The van der Waals surface area contributed by atoms with Gasteiger partial charge in [0, 0.05) is 5.56 Å². The fourth-order valence-corrected chi connectivity index (χ4v) is 2.11. The molecular weight excluding hydrogens is 296 g/mol. The van der Waals surface area contributed by atoms with Crippen molar-refractivity contribution in [3.63, 3.8) is 0 Å². The average Bonchev–Trinajstić information content (AvgIpc) is 2.49. The summed E-state index contributed by atoms with van der Waals surface area (Å²) in [6, 6.07) is 7.84. The lowest BCUT2D eigenvalue weighted by molar-refractivity contribution is 0.566. The lowest BCUT2D eigenvalue weighted by Gasteiger charge is -2.19. The van der Waals surface area contributed by atoms with Gasteiger partial charge < -0.3 is 5.32 Å². The van der Waals surface area contributed by atoms with Gasteiger partial charge in [-0.05, 0) is 36.8 Å². The number of halogens is 3. The molecule has 1 aromatic heterocycles. The Morgan fingerprint density at radius 3 is 2.76 bits per heavy atom. The Morgan fingerprint density at radius 2 is 2.10 bits per heavy atom. The molecule has 0 saturated heterocycles. The molecule has 2 rings (SSSR count). The summed E-state index contributed by atoms with van der Waals surface area (Å²) in [5.74, 6) is -0.620. The van der Waals surface area contributed by atoms with Gasteiger partial charge in [0.1, 0.15) is 23.5 Å². The molecular formula is C15H12ClF2N3. The van der Waals surface area contributed by atoms with E-state index in [9.17, 15) is 8.78 Å². The zero-order valence-corrected chi connectivity index (χ0v) is 12.0. The molecule has 1 unspecified atom stereocenters. The molecule has 1 N–H and O–H groups in total. The first kappa shape index (κ1) is 15.2. The number of anilines is 1. The Labute approximate surface area is 126 Å². The maximum atomic E-state index is 13.8. The zero-order valence-electron chi connectivity index (χ0n) is 11.2. The third-order valence-electron chi connectivity index (χ3n) is 3.02. The first-order chi connectivity index (χ1) is 10.0. The van der Waals surface area contributed by atoms with Crippen molar-refractivity contribution >= 4 is 17.4 Å². The predicted octanol–water partition coefficient (Wildman–Crippen LogP) is 4.45. The SMILES string of the molecule is CCC(Nc1ccc(Cl)c(C#N)n1)c1cc(F)ccc1F. The Balaban J connectivity index is 2.31. The molecule has 0 bridgehead atoms. The van der Waals surface area contributed by atoms with Crippen molar-refractivity contribution in [2.75, 3.05) is 5.32 Å². The van der Waals surface area contributed by atoms with Gasteiger partial charge in [0.25, 0.3) is 0 Å². The van der Waals surface area contributed by atoms with Gasteiger partial charge in [-0.15, -0.1) is 0 Å². The third kappa shape index (κ3) is 3.47. The Hall–Kier alpha value is -2.19. The van der Waals surface area contributed by atoms with Crippen LogP contribution in [-0.2, 0) is 0 Å². The fraction of sp³-hybridized carbons (Fsp3) is 0.200. The highest BCUT2D eigenvalue weighted by Gasteiger charge is 2.16. The molecule has 0 aliphatic carbocycles. The molecule has 0 amide bonds.